The number of carbonyl (C=O) groups excluding carboxylic acids is 1. The molecule has 1 saturated heterocycles. The molecule has 2 N–H and O–H groups in total. The zero-order valence-electron chi connectivity index (χ0n) is 19.5. The number of nitrogens with two attached hydrogens (primary N) is 1. The summed E-state index contributed by atoms with van der Waals surface area (Å²) in [6.45, 7) is 7.71. The zero-order valence-corrected chi connectivity index (χ0v) is 19.5. The fourth-order valence-corrected chi connectivity index (χ4v) is 4.79. The number of rotatable bonds is 10. The van der Waals surface area contributed by atoms with Crippen molar-refractivity contribution >= 4 is 5.91 Å². The SMILES string of the molecule is CCCCCc1c(-c2cccc(OC(F)(F)F)c2)c(C(N)=O)c(C)n1CCN1CCCCC1. The monoisotopic (exact) mass is 465 g/mol. The Bertz CT molecular complexity index is 947. The molecule has 1 aromatic heterocycles. The van der Waals surface area contributed by atoms with Crippen LogP contribution in [0.4, 0.5) is 13.2 Å². The molecule has 0 spiro atoms. The van der Waals surface area contributed by atoms with Crippen molar-refractivity contribution in [3.05, 3.63) is 41.2 Å². The first-order valence-corrected chi connectivity index (χ1v) is 11.8. The average molecular weight is 466 g/mol. The quantitative estimate of drug-likeness (QED) is 0.459. The molecule has 8 heteroatoms. The van der Waals surface area contributed by atoms with Crippen LogP contribution in [0, 0.1) is 6.92 Å². The van der Waals surface area contributed by atoms with Crippen LogP contribution in [0.3, 0.4) is 0 Å². The summed E-state index contributed by atoms with van der Waals surface area (Å²) in [5.74, 6) is -0.883. The first-order chi connectivity index (χ1) is 15.7. The highest BCUT2D eigenvalue weighted by atomic mass is 19.4. The van der Waals surface area contributed by atoms with Gasteiger partial charge in [-0.3, -0.25) is 4.79 Å². The number of carbonyl (C=O) groups is 1. The van der Waals surface area contributed by atoms with Crippen molar-refractivity contribution in [3.63, 3.8) is 0 Å². The predicted molar refractivity (Wildman–Crippen MR) is 123 cm³/mol. The maximum absolute atomic E-state index is 12.8. The molecular formula is C25H34F3N3O2. The molecule has 3 rings (SSSR count). The molecule has 0 radical (unpaired) electrons. The Balaban J connectivity index is 2.04. The van der Waals surface area contributed by atoms with Crippen LogP contribution in [-0.2, 0) is 13.0 Å². The molecule has 0 saturated carbocycles. The number of alkyl halides is 3. The number of piperidine rings is 1. The lowest BCUT2D eigenvalue weighted by Crippen LogP contribution is -2.33. The number of benzene rings is 1. The van der Waals surface area contributed by atoms with Crippen molar-refractivity contribution in [3.8, 4) is 16.9 Å². The number of aromatic nitrogens is 1. The van der Waals surface area contributed by atoms with E-state index in [0.29, 0.717) is 23.2 Å². The van der Waals surface area contributed by atoms with Crippen LogP contribution in [0.15, 0.2) is 24.3 Å². The maximum atomic E-state index is 12.8. The maximum Gasteiger partial charge on any atom is 0.573 e. The van der Waals surface area contributed by atoms with Crippen molar-refractivity contribution in [2.45, 2.75) is 71.7 Å². The Morgan fingerprint density at radius 1 is 1.12 bits per heavy atom. The van der Waals surface area contributed by atoms with Crippen molar-refractivity contribution in [2.75, 3.05) is 19.6 Å². The number of hydrogen-bond donors (Lipinski definition) is 1. The molecule has 1 aliphatic rings. The molecule has 1 fully saturated rings. The first-order valence-electron chi connectivity index (χ1n) is 11.8. The third kappa shape index (κ3) is 6.53. The molecule has 0 atom stereocenters. The van der Waals surface area contributed by atoms with Gasteiger partial charge in [-0.15, -0.1) is 13.2 Å². The smallest absolute Gasteiger partial charge is 0.406 e. The van der Waals surface area contributed by atoms with Crippen LogP contribution in [0.1, 0.15) is 67.2 Å². The summed E-state index contributed by atoms with van der Waals surface area (Å²) in [7, 11) is 0. The fraction of sp³-hybridized carbons (Fsp3) is 0.560. The minimum Gasteiger partial charge on any atom is -0.406 e. The van der Waals surface area contributed by atoms with Crippen molar-refractivity contribution in [1.29, 1.82) is 0 Å². The van der Waals surface area contributed by atoms with Crippen LogP contribution < -0.4 is 10.5 Å². The minimum atomic E-state index is -4.79. The number of likely N-dealkylation sites (tertiary alicyclic amines) is 1. The first kappa shape index (κ1) is 25.1. The highest BCUT2D eigenvalue weighted by molar-refractivity contribution is 6.02. The second-order valence-electron chi connectivity index (χ2n) is 8.73. The molecule has 0 aliphatic carbocycles. The Morgan fingerprint density at radius 2 is 1.85 bits per heavy atom. The normalized spacial score (nSPS) is 15.1. The van der Waals surface area contributed by atoms with Gasteiger partial charge in [0.25, 0.3) is 5.91 Å². The second-order valence-corrected chi connectivity index (χ2v) is 8.73. The van der Waals surface area contributed by atoms with Gasteiger partial charge in [-0.05, 0) is 63.4 Å². The van der Waals surface area contributed by atoms with Gasteiger partial charge in [0.2, 0.25) is 0 Å². The molecule has 2 aromatic rings. The predicted octanol–water partition coefficient (Wildman–Crippen LogP) is 5.68. The molecule has 1 amide bonds. The number of halogens is 3. The summed E-state index contributed by atoms with van der Waals surface area (Å²) < 4.78 is 44.7. The van der Waals surface area contributed by atoms with Crippen LogP contribution in [-0.4, -0.2) is 41.4 Å². The van der Waals surface area contributed by atoms with E-state index >= 15 is 0 Å². The van der Waals surface area contributed by atoms with Crippen molar-refractivity contribution < 1.29 is 22.7 Å². The lowest BCUT2D eigenvalue weighted by atomic mass is 9.97. The summed E-state index contributed by atoms with van der Waals surface area (Å²) in [5, 5.41) is 0. The molecule has 33 heavy (non-hydrogen) atoms. The lowest BCUT2D eigenvalue weighted by molar-refractivity contribution is -0.274. The van der Waals surface area contributed by atoms with Gasteiger partial charge in [0.1, 0.15) is 5.75 Å². The van der Waals surface area contributed by atoms with Gasteiger partial charge < -0.3 is 19.9 Å². The molecular weight excluding hydrogens is 431 g/mol. The standard InChI is InChI=1S/C25H34F3N3O2/c1-3-4-6-12-21-23(19-10-9-11-20(17-19)33-25(26,27)28)22(24(29)32)18(2)31(21)16-15-30-13-7-5-8-14-30/h9-11,17H,3-8,12-16H2,1-2H3,(H2,29,32). The summed E-state index contributed by atoms with van der Waals surface area (Å²) >= 11 is 0. The molecule has 182 valence electrons. The van der Waals surface area contributed by atoms with Gasteiger partial charge >= 0.3 is 6.36 Å². The van der Waals surface area contributed by atoms with E-state index in [4.69, 9.17) is 5.73 Å². The third-order valence-electron chi connectivity index (χ3n) is 6.34. The average Bonchev–Trinajstić information content (AvgIpc) is 3.04. The highest BCUT2D eigenvalue weighted by Crippen LogP contribution is 2.36. The van der Waals surface area contributed by atoms with Gasteiger partial charge in [-0.1, -0.05) is 38.3 Å². The fourth-order valence-electron chi connectivity index (χ4n) is 4.79. The van der Waals surface area contributed by atoms with E-state index in [1.165, 1.54) is 37.5 Å². The number of unbranched alkanes of at least 4 members (excludes halogenated alkanes) is 2. The second kappa shape index (κ2) is 11.1. The van der Waals surface area contributed by atoms with Gasteiger partial charge in [-0.2, -0.15) is 0 Å². The summed E-state index contributed by atoms with van der Waals surface area (Å²) in [6.07, 6.45) is 2.57. The number of hydrogen-bond acceptors (Lipinski definition) is 3. The van der Waals surface area contributed by atoms with Crippen LogP contribution in [0.5, 0.6) is 5.75 Å². The number of primary amides is 1. The van der Waals surface area contributed by atoms with E-state index in [2.05, 4.69) is 21.1 Å². The van der Waals surface area contributed by atoms with Gasteiger partial charge in [0.05, 0.1) is 5.56 Å². The van der Waals surface area contributed by atoms with E-state index in [-0.39, 0.29) is 5.75 Å². The van der Waals surface area contributed by atoms with Crippen molar-refractivity contribution in [1.82, 2.24) is 9.47 Å². The topological polar surface area (TPSA) is 60.5 Å². The molecule has 2 heterocycles. The Hall–Kier alpha value is -2.48. The van der Waals surface area contributed by atoms with E-state index in [0.717, 1.165) is 56.7 Å². The van der Waals surface area contributed by atoms with E-state index in [1.54, 1.807) is 6.07 Å². The molecule has 1 aromatic carbocycles. The van der Waals surface area contributed by atoms with Gasteiger partial charge in [-0.25, -0.2) is 0 Å². The Morgan fingerprint density at radius 3 is 2.48 bits per heavy atom. The molecule has 0 unspecified atom stereocenters. The molecule has 0 bridgehead atoms. The van der Waals surface area contributed by atoms with Crippen molar-refractivity contribution in [2.24, 2.45) is 5.73 Å². The number of amides is 1. The molecule has 5 nitrogen and oxygen atoms in total. The summed E-state index contributed by atoms with van der Waals surface area (Å²) in [6, 6.07) is 5.82. The lowest BCUT2D eigenvalue weighted by Gasteiger charge is -2.27. The van der Waals surface area contributed by atoms with Crippen LogP contribution in [0.2, 0.25) is 0 Å². The van der Waals surface area contributed by atoms with Gasteiger partial charge in [0, 0.05) is 30.0 Å². The van der Waals surface area contributed by atoms with E-state index < -0.39 is 12.3 Å². The zero-order chi connectivity index (χ0) is 24.0. The van der Waals surface area contributed by atoms with Crippen LogP contribution >= 0.6 is 0 Å². The highest BCUT2D eigenvalue weighted by Gasteiger charge is 2.32. The minimum absolute atomic E-state index is 0.311. The summed E-state index contributed by atoms with van der Waals surface area (Å²) in [5.41, 5.74) is 9.03. The number of nitrogens with zero attached hydrogens (tertiary/aromatic N) is 2. The van der Waals surface area contributed by atoms with Gasteiger partial charge in [0.15, 0.2) is 0 Å². The van der Waals surface area contributed by atoms with E-state index in [1.807, 2.05) is 6.92 Å². The third-order valence-corrected chi connectivity index (χ3v) is 6.34. The van der Waals surface area contributed by atoms with E-state index in [9.17, 15) is 18.0 Å². The summed E-state index contributed by atoms with van der Waals surface area (Å²) in [4.78, 5) is 14.9. The largest absolute Gasteiger partial charge is 0.573 e. The van der Waals surface area contributed by atoms with Crippen LogP contribution in [0.25, 0.3) is 11.1 Å². The Labute approximate surface area is 193 Å². The molecule has 1 aliphatic heterocycles. The number of ether oxygens (including phenoxy) is 1. The Kier molecular flexibility index (Phi) is 8.46.